The number of hydrogen-bond acceptors (Lipinski definition) is 8. The van der Waals surface area contributed by atoms with Crippen molar-refractivity contribution in [1.29, 1.82) is 0 Å². The molecule has 0 aliphatic heterocycles. The summed E-state index contributed by atoms with van der Waals surface area (Å²) in [6, 6.07) is 3.91. The number of methoxy groups -OCH3 is 1. The third-order valence-corrected chi connectivity index (χ3v) is 6.68. The zero-order valence-electron chi connectivity index (χ0n) is 15.7. The first-order valence-corrected chi connectivity index (χ1v) is 11.3. The molecule has 1 N–H and O–H groups in total. The van der Waals surface area contributed by atoms with Crippen LogP contribution in [0.15, 0.2) is 28.0 Å². The number of nitrogens with one attached hydrogen (secondary N) is 1. The second kappa shape index (κ2) is 7.35. The highest BCUT2D eigenvalue weighted by Gasteiger charge is 2.26. The third-order valence-electron chi connectivity index (χ3n) is 5.05. The summed E-state index contributed by atoms with van der Waals surface area (Å²) in [6.07, 6.45) is 6.94. The Labute approximate surface area is 170 Å². The summed E-state index contributed by atoms with van der Waals surface area (Å²) >= 11 is 3.21. The van der Waals surface area contributed by atoms with E-state index in [9.17, 15) is 0 Å². The predicted octanol–water partition coefficient (Wildman–Crippen LogP) is 4.77. The molecule has 0 spiro atoms. The van der Waals surface area contributed by atoms with Crippen LogP contribution in [0.5, 0.6) is 0 Å². The highest BCUT2D eigenvalue weighted by atomic mass is 32.2. The van der Waals surface area contributed by atoms with Gasteiger partial charge >= 0.3 is 0 Å². The van der Waals surface area contributed by atoms with E-state index in [1.165, 1.54) is 16.5 Å². The molecular weight excluding hydrogens is 392 g/mol. The lowest BCUT2D eigenvalue weighted by Gasteiger charge is -2.08. The number of hydrogen-bond donors (Lipinski definition) is 1. The number of thioether (sulfide) groups is 1. The van der Waals surface area contributed by atoms with Crippen molar-refractivity contribution in [2.45, 2.75) is 24.4 Å². The number of furan rings is 1. The molecule has 0 saturated heterocycles. The molecule has 0 fully saturated rings. The smallest absolute Gasteiger partial charge is 0.189 e. The summed E-state index contributed by atoms with van der Waals surface area (Å²) in [4.78, 5) is 15.6. The van der Waals surface area contributed by atoms with Crippen molar-refractivity contribution in [2.24, 2.45) is 0 Å². The molecule has 0 radical (unpaired) electrons. The highest BCUT2D eigenvalue weighted by Crippen LogP contribution is 2.44. The lowest BCUT2D eigenvalue weighted by atomic mass is 10.0. The summed E-state index contributed by atoms with van der Waals surface area (Å²) in [7, 11) is 1.70. The minimum atomic E-state index is 0.626. The maximum atomic E-state index is 5.68. The van der Waals surface area contributed by atoms with Gasteiger partial charge in [-0.2, -0.15) is 0 Å². The zero-order chi connectivity index (χ0) is 19.1. The summed E-state index contributed by atoms with van der Waals surface area (Å²) in [5, 5.41) is 5.37. The number of pyridine rings is 1. The van der Waals surface area contributed by atoms with Crippen LogP contribution >= 0.6 is 23.1 Å². The number of fused-ring (bicyclic) bond motifs is 5. The Morgan fingerprint density at radius 2 is 2.14 bits per heavy atom. The molecule has 8 heteroatoms. The number of rotatable bonds is 6. The molecule has 28 heavy (non-hydrogen) atoms. The van der Waals surface area contributed by atoms with Crippen LogP contribution in [0.4, 0.5) is 5.82 Å². The number of aryl methyl sites for hydroxylation is 1. The van der Waals surface area contributed by atoms with E-state index in [0.717, 1.165) is 56.7 Å². The topological polar surface area (TPSA) is 73.1 Å². The molecular formula is C20H20N4O2S2. The standard InChI is InChI=1S/C20H20N4O2S2/c1-25-10-8-21-18-17-16(23-20(24-18)27-2)14-11-5-3-6-12(11)15(22-19(14)28-17)13-7-4-9-26-13/h4,7,9H,3,5-6,8,10H2,1-2H3,(H,21,23,24). The quantitative estimate of drug-likeness (QED) is 0.278. The van der Waals surface area contributed by atoms with Crippen LogP contribution < -0.4 is 5.32 Å². The SMILES string of the molecule is COCCNc1nc(SC)nc2c1sc1nc(-c3ccco3)c3c(c12)CCC3. The molecule has 6 nitrogen and oxygen atoms in total. The minimum absolute atomic E-state index is 0.626. The van der Waals surface area contributed by atoms with Gasteiger partial charge in [0, 0.05) is 19.0 Å². The van der Waals surface area contributed by atoms with Crippen LogP contribution in [-0.4, -0.2) is 41.5 Å². The summed E-state index contributed by atoms with van der Waals surface area (Å²) < 4.78 is 11.9. The summed E-state index contributed by atoms with van der Waals surface area (Å²) in [6.45, 7) is 1.33. The Bertz CT molecular complexity index is 1150. The molecule has 1 aliphatic carbocycles. The number of nitrogens with zero attached hydrogens (tertiary/aromatic N) is 3. The van der Waals surface area contributed by atoms with E-state index < -0.39 is 0 Å². The first-order valence-electron chi connectivity index (χ1n) is 9.27. The maximum Gasteiger partial charge on any atom is 0.189 e. The molecule has 144 valence electrons. The van der Waals surface area contributed by atoms with Gasteiger partial charge in [-0.3, -0.25) is 0 Å². The Kier molecular flexibility index (Phi) is 4.70. The molecule has 5 rings (SSSR count). The fourth-order valence-corrected chi connectivity index (χ4v) is 5.32. The number of aromatic nitrogens is 3. The van der Waals surface area contributed by atoms with E-state index in [1.807, 2.05) is 18.4 Å². The maximum absolute atomic E-state index is 5.68. The van der Waals surface area contributed by atoms with Gasteiger partial charge in [-0.25, -0.2) is 15.0 Å². The number of ether oxygens (including phenoxy) is 1. The van der Waals surface area contributed by atoms with E-state index in [4.69, 9.17) is 24.1 Å². The van der Waals surface area contributed by atoms with Crippen LogP contribution in [0.3, 0.4) is 0 Å². The van der Waals surface area contributed by atoms with Crippen molar-refractivity contribution in [2.75, 3.05) is 31.8 Å². The molecule has 4 heterocycles. The lowest BCUT2D eigenvalue weighted by Crippen LogP contribution is -2.09. The monoisotopic (exact) mass is 412 g/mol. The summed E-state index contributed by atoms with van der Waals surface area (Å²) in [5.74, 6) is 1.70. The highest BCUT2D eigenvalue weighted by molar-refractivity contribution is 7.98. The number of anilines is 1. The molecule has 4 aromatic heterocycles. The molecule has 0 bridgehead atoms. The molecule has 0 aromatic carbocycles. The third kappa shape index (κ3) is 2.87. The van der Waals surface area contributed by atoms with Crippen LogP contribution in [0.1, 0.15) is 17.5 Å². The van der Waals surface area contributed by atoms with E-state index in [1.54, 1.807) is 36.5 Å². The van der Waals surface area contributed by atoms with Gasteiger partial charge in [0.25, 0.3) is 0 Å². The normalized spacial score (nSPS) is 13.5. The Balaban J connectivity index is 1.77. The van der Waals surface area contributed by atoms with Gasteiger partial charge in [-0.1, -0.05) is 11.8 Å². The molecule has 0 amide bonds. The predicted molar refractivity (Wildman–Crippen MR) is 115 cm³/mol. The van der Waals surface area contributed by atoms with Gasteiger partial charge < -0.3 is 14.5 Å². The molecule has 0 atom stereocenters. The number of thiophene rings is 1. The Morgan fingerprint density at radius 1 is 1.25 bits per heavy atom. The van der Waals surface area contributed by atoms with Crippen molar-refractivity contribution in [3.63, 3.8) is 0 Å². The van der Waals surface area contributed by atoms with Crippen molar-refractivity contribution in [3.05, 3.63) is 29.5 Å². The van der Waals surface area contributed by atoms with Crippen LogP contribution in [0, 0.1) is 0 Å². The lowest BCUT2D eigenvalue weighted by molar-refractivity contribution is 0.210. The van der Waals surface area contributed by atoms with E-state index in [2.05, 4.69) is 5.32 Å². The molecule has 0 unspecified atom stereocenters. The first kappa shape index (κ1) is 17.9. The first-order chi connectivity index (χ1) is 13.8. The van der Waals surface area contributed by atoms with Gasteiger partial charge in [0.1, 0.15) is 16.3 Å². The second-order valence-corrected chi connectivity index (χ2v) is 8.46. The van der Waals surface area contributed by atoms with Crippen LogP contribution in [-0.2, 0) is 17.6 Å². The van der Waals surface area contributed by atoms with Gasteiger partial charge in [0.15, 0.2) is 10.9 Å². The van der Waals surface area contributed by atoms with E-state index >= 15 is 0 Å². The average Bonchev–Trinajstić information content (AvgIpc) is 3.45. The van der Waals surface area contributed by atoms with Gasteiger partial charge in [0.05, 0.1) is 23.1 Å². The van der Waals surface area contributed by atoms with Crippen molar-refractivity contribution >= 4 is 49.3 Å². The fourth-order valence-electron chi connectivity index (χ4n) is 3.85. The Hall–Kier alpha value is -2.16. The second-order valence-electron chi connectivity index (χ2n) is 6.69. The van der Waals surface area contributed by atoms with Gasteiger partial charge in [-0.05, 0) is 48.8 Å². The largest absolute Gasteiger partial charge is 0.463 e. The van der Waals surface area contributed by atoms with Gasteiger partial charge in [0.2, 0.25) is 0 Å². The summed E-state index contributed by atoms with van der Waals surface area (Å²) in [5.41, 5.74) is 4.66. The molecule has 4 aromatic rings. The van der Waals surface area contributed by atoms with Crippen LogP contribution in [0.2, 0.25) is 0 Å². The zero-order valence-corrected chi connectivity index (χ0v) is 17.4. The van der Waals surface area contributed by atoms with Crippen molar-refractivity contribution in [1.82, 2.24) is 15.0 Å². The van der Waals surface area contributed by atoms with E-state index in [-0.39, 0.29) is 0 Å². The molecule has 1 aliphatic rings. The molecule has 0 saturated carbocycles. The van der Waals surface area contributed by atoms with E-state index in [0.29, 0.717) is 13.2 Å². The Morgan fingerprint density at radius 3 is 2.93 bits per heavy atom. The minimum Gasteiger partial charge on any atom is -0.463 e. The average molecular weight is 413 g/mol. The van der Waals surface area contributed by atoms with Crippen molar-refractivity contribution in [3.8, 4) is 11.5 Å². The van der Waals surface area contributed by atoms with Gasteiger partial charge in [-0.15, -0.1) is 11.3 Å². The van der Waals surface area contributed by atoms with Crippen molar-refractivity contribution < 1.29 is 9.15 Å². The fraction of sp³-hybridized carbons (Fsp3) is 0.350. The van der Waals surface area contributed by atoms with Crippen LogP contribution in [0.25, 0.3) is 31.9 Å².